The normalized spacial score (nSPS) is 10.6. The van der Waals surface area contributed by atoms with E-state index in [1.165, 1.54) is 6.07 Å². The van der Waals surface area contributed by atoms with Crippen molar-refractivity contribution in [1.29, 1.82) is 0 Å². The maximum Gasteiger partial charge on any atom is 0.258 e. The maximum atomic E-state index is 14.2. The number of methoxy groups -OCH3 is 1. The fourth-order valence-electron chi connectivity index (χ4n) is 2.33. The Kier molecular flexibility index (Phi) is 5.92. The number of aryl methyl sites for hydroxylation is 1. The predicted octanol–water partition coefficient (Wildman–Crippen LogP) is 3.67. The molecule has 0 bridgehead atoms. The Morgan fingerprint density at radius 2 is 1.77 bits per heavy atom. The molecule has 0 aliphatic rings. The lowest BCUT2D eigenvalue weighted by Gasteiger charge is -2.13. The second-order valence-electron chi connectivity index (χ2n) is 6.05. The van der Waals surface area contributed by atoms with Crippen molar-refractivity contribution in [1.82, 2.24) is 5.32 Å². The van der Waals surface area contributed by atoms with Crippen LogP contribution in [-0.2, 0) is 0 Å². The molecule has 0 unspecified atom stereocenters. The number of carbonyl (C=O) groups is 2. The summed E-state index contributed by atoms with van der Waals surface area (Å²) in [5.41, 5.74) is 1.04. The first-order valence-corrected chi connectivity index (χ1v) is 7.99. The molecule has 5 nitrogen and oxygen atoms in total. The average molecular weight is 362 g/mol. The number of anilines is 1. The van der Waals surface area contributed by atoms with Gasteiger partial charge in [0.25, 0.3) is 11.8 Å². The molecule has 0 aliphatic heterocycles. The van der Waals surface area contributed by atoms with Crippen LogP contribution < -0.4 is 15.4 Å². The Morgan fingerprint density at radius 1 is 1.08 bits per heavy atom. The monoisotopic (exact) mass is 362 g/mol. The van der Waals surface area contributed by atoms with Gasteiger partial charge in [0.1, 0.15) is 0 Å². The fourth-order valence-corrected chi connectivity index (χ4v) is 2.33. The van der Waals surface area contributed by atoms with E-state index < -0.39 is 23.3 Å². The lowest BCUT2D eigenvalue weighted by Crippen LogP contribution is -2.30. The summed E-state index contributed by atoms with van der Waals surface area (Å²) in [5.74, 6) is -3.67. The second-order valence-corrected chi connectivity index (χ2v) is 6.05. The zero-order valence-electron chi connectivity index (χ0n) is 14.9. The highest BCUT2D eigenvalue weighted by molar-refractivity contribution is 6.06. The van der Waals surface area contributed by atoms with Gasteiger partial charge < -0.3 is 15.4 Å². The Labute approximate surface area is 150 Å². The molecular formula is C19H20F2N2O3. The number of rotatable bonds is 5. The van der Waals surface area contributed by atoms with Crippen molar-refractivity contribution in [2.24, 2.45) is 0 Å². The highest BCUT2D eigenvalue weighted by atomic mass is 19.1. The summed E-state index contributed by atoms with van der Waals surface area (Å²) in [6, 6.07) is 6.76. The van der Waals surface area contributed by atoms with Crippen LogP contribution in [0.5, 0.6) is 5.75 Å². The van der Waals surface area contributed by atoms with Crippen LogP contribution in [0.1, 0.15) is 40.1 Å². The molecule has 138 valence electrons. The van der Waals surface area contributed by atoms with Gasteiger partial charge in [0, 0.05) is 17.3 Å². The smallest absolute Gasteiger partial charge is 0.258 e. The van der Waals surface area contributed by atoms with Crippen molar-refractivity contribution < 1.29 is 23.1 Å². The Hall–Kier alpha value is -2.96. The minimum Gasteiger partial charge on any atom is -0.491 e. The molecule has 0 atom stereocenters. The van der Waals surface area contributed by atoms with Crippen LogP contribution in [0.2, 0.25) is 0 Å². The van der Waals surface area contributed by atoms with Crippen molar-refractivity contribution in [3.8, 4) is 5.75 Å². The van der Waals surface area contributed by atoms with E-state index in [0.29, 0.717) is 16.8 Å². The molecule has 0 radical (unpaired) electrons. The summed E-state index contributed by atoms with van der Waals surface area (Å²) < 4.78 is 32.4. The van der Waals surface area contributed by atoms with E-state index in [0.717, 1.165) is 19.2 Å². The third-order valence-electron chi connectivity index (χ3n) is 3.67. The van der Waals surface area contributed by atoms with Crippen molar-refractivity contribution in [2.75, 3.05) is 12.4 Å². The first-order valence-electron chi connectivity index (χ1n) is 7.99. The molecule has 26 heavy (non-hydrogen) atoms. The van der Waals surface area contributed by atoms with Crippen molar-refractivity contribution >= 4 is 17.5 Å². The molecule has 2 amide bonds. The highest BCUT2D eigenvalue weighted by Gasteiger charge is 2.20. The number of hydrogen-bond acceptors (Lipinski definition) is 3. The van der Waals surface area contributed by atoms with Gasteiger partial charge >= 0.3 is 0 Å². The van der Waals surface area contributed by atoms with Crippen LogP contribution in [0.3, 0.4) is 0 Å². The summed E-state index contributed by atoms with van der Waals surface area (Å²) in [6.07, 6.45) is 0. The molecule has 0 saturated heterocycles. The first kappa shape index (κ1) is 19.4. The molecule has 2 aromatic carbocycles. The minimum atomic E-state index is -1.09. The van der Waals surface area contributed by atoms with Crippen LogP contribution in [0.4, 0.5) is 14.5 Å². The zero-order chi connectivity index (χ0) is 19.4. The van der Waals surface area contributed by atoms with E-state index >= 15 is 0 Å². The molecule has 2 rings (SSSR count). The summed E-state index contributed by atoms with van der Waals surface area (Å²) in [7, 11) is 1.12. The Balaban J connectivity index is 2.31. The van der Waals surface area contributed by atoms with E-state index in [2.05, 4.69) is 15.4 Å². The van der Waals surface area contributed by atoms with Gasteiger partial charge in [-0.05, 0) is 50.6 Å². The molecule has 2 aromatic rings. The molecule has 0 aromatic heterocycles. The first-order chi connectivity index (χ1) is 12.2. The SMILES string of the molecule is COc1c(F)ccc(C(=O)Nc2cc(C(=O)NC(C)C)ccc2C)c1F. The van der Waals surface area contributed by atoms with Crippen LogP contribution in [0.15, 0.2) is 30.3 Å². The molecule has 2 N–H and O–H groups in total. The third kappa shape index (κ3) is 4.17. The van der Waals surface area contributed by atoms with Gasteiger partial charge in [0.2, 0.25) is 0 Å². The largest absolute Gasteiger partial charge is 0.491 e. The molecule has 0 aliphatic carbocycles. The van der Waals surface area contributed by atoms with E-state index in [-0.39, 0.29) is 17.5 Å². The fraction of sp³-hybridized carbons (Fsp3) is 0.263. The van der Waals surface area contributed by atoms with Gasteiger partial charge in [0.15, 0.2) is 17.4 Å². The number of benzene rings is 2. The van der Waals surface area contributed by atoms with Crippen LogP contribution >= 0.6 is 0 Å². The van der Waals surface area contributed by atoms with Crippen molar-refractivity contribution in [2.45, 2.75) is 26.8 Å². The topological polar surface area (TPSA) is 67.4 Å². The van der Waals surface area contributed by atoms with Crippen LogP contribution in [-0.4, -0.2) is 25.0 Å². The second kappa shape index (κ2) is 7.95. The maximum absolute atomic E-state index is 14.2. The van der Waals surface area contributed by atoms with Gasteiger partial charge in [-0.3, -0.25) is 9.59 Å². The van der Waals surface area contributed by atoms with Crippen LogP contribution in [0.25, 0.3) is 0 Å². The number of halogens is 2. The standard InChI is InChI=1S/C19H20F2N2O3/c1-10(2)22-18(24)12-6-5-11(3)15(9-12)23-19(25)13-7-8-14(20)17(26-4)16(13)21/h5-10H,1-4H3,(H,22,24)(H,23,25). The quantitative estimate of drug-likeness (QED) is 0.853. The molecule has 0 fully saturated rings. The Bertz CT molecular complexity index is 851. The number of ether oxygens (including phenoxy) is 1. The molecule has 7 heteroatoms. The summed E-state index contributed by atoms with van der Waals surface area (Å²) in [6.45, 7) is 5.40. The van der Waals surface area contributed by atoms with E-state index in [1.807, 2.05) is 13.8 Å². The van der Waals surface area contributed by atoms with Gasteiger partial charge in [-0.25, -0.2) is 8.78 Å². The van der Waals surface area contributed by atoms with E-state index in [4.69, 9.17) is 0 Å². The summed E-state index contributed by atoms with van der Waals surface area (Å²) in [4.78, 5) is 24.5. The van der Waals surface area contributed by atoms with Gasteiger partial charge in [-0.1, -0.05) is 6.07 Å². The minimum absolute atomic E-state index is 0.0392. The molecule has 0 heterocycles. The van der Waals surface area contributed by atoms with Crippen molar-refractivity contribution in [3.63, 3.8) is 0 Å². The van der Waals surface area contributed by atoms with Gasteiger partial charge in [-0.15, -0.1) is 0 Å². The van der Waals surface area contributed by atoms with Gasteiger partial charge in [0.05, 0.1) is 12.7 Å². The van der Waals surface area contributed by atoms with E-state index in [1.54, 1.807) is 19.1 Å². The average Bonchev–Trinajstić information content (AvgIpc) is 2.56. The number of nitrogens with one attached hydrogen (secondary N) is 2. The molecule has 0 spiro atoms. The number of carbonyl (C=O) groups excluding carboxylic acids is 2. The number of amides is 2. The molecule has 0 saturated carbocycles. The highest BCUT2D eigenvalue weighted by Crippen LogP contribution is 2.25. The molecular weight excluding hydrogens is 342 g/mol. The van der Waals surface area contributed by atoms with E-state index in [9.17, 15) is 18.4 Å². The zero-order valence-corrected chi connectivity index (χ0v) is 14.9. The number of hydrogen-bond donors (Lipinski definition) is 2. The third-order valence-corrected chi connectivity index (χ3v) is 3.67. The predicted molar refractivity (Wildman–Crippen MR) is 94.6 cm³/mol. The summed E-state index contributed by atoms with van der Waals surface area (Å²) >= 11 is 0. The lowest BCUT2D eigenvalue weighted by atomic mass is 10.1. The van der Waals surface area contributed by atoms with Gasteiger partial charge in [-0.2, -0.15) is 0 Å². The van der Waals surface area contributed by atoms with Crippen molar-refractivity contribution in [3.05, 3.63) is 58.7 Å². The summed E-state index contributed by atoms with van der Waals surface area (Å²) in [5, 5.41) is 5.30. The lowest BCUT2D eigenvalue weighted by molar-refractivity contribution is 0.0941. The Morgan fingerprint density at radius 3 is 2.38 bits per heavy atom. The van der Waals surface area contributed by atoms with Crippen LogP contribution in [0, 0.1) is 18.6 Å².